The number of halogens is 1. The van der Waals surface area contributed by atoms with Crippen LogP contribution in [-0.4, -0.2) is 9.97 Å². The molecular weight excluding hydrogens is 222 g/mol. The van der Waals surface area contributed by atoms with E-state index in [1.807, 2.05) is 19.1 Å². The molecule has 3 nitrogen and oxygen atoms in total. The summed E-state index contributed by atoms with van der Waals surface area (Å²) in [5, 5.41) is 9.31. The van der Waals surface area contributed by atoms with Crippen LogP contribution >= 0.6 is 11.6 Å². The molecule has 0 aliphatic rings. The minimum absolute atomic E-state index is 0.412. The second-order valence-electron chi connectivity index (χ2n) is 3.36. The van der Waals surface area contributed by atoms with E-state index in [9.17, 15) is 0 Å². The second-order valence-corrected chi connectivity index (χ2v) is 3.79. The molecule has 0 spiro atoms. The van der Waals surface area contributed by atoms with Gasteiger partial charge in [0.25, 0.3) is 0 Å². The largest absolute Gasteiger partial charge is 0.255 e. The molecule has 0 aliphatic carbocycles. The Labute approximate surface area is 98.4 Å². The van der Waals surface area contributed by atoms with Crippen LogP contribution in [0.2, 0.25) is 5.02 Å². The van der Waals surface area contributed by atoms with Gasteiger partial charge in [0.1, 0.15) is 11.8 Å². The average molecular weight is 230 g/mol. The molecule has 0 saturated heterocycles. The number of hydrogen-bond donors (Lipinski definition) is 0. The Morgan fingerprint density at radius 3 is 2.62 bits per heavy atom. The molecule has 2 aromatic heterocycles. The van der Waals surface area contributed by atoms with Crippen molar-refractivity contribution in [3.8, 4) is 17.3 Å². The Balaban J connectivity index is 2.49. The maximum atomic E-state index is 8.71. The molecule has 78 valence electrons. The molecule has 0 atom stereocenters. The summed E-state index contributed by atoms with van der Waals surface area (Å²) in [4.78, 5) is 8.23. The number of pyridine rings is 2. The Hall–Kier alpha value is -1.92. The standard InChI is InChI=1S/C12H8ClN3/c1-8-4-10(5-14)15-7-11(8)12-3-2-9(13)6-16-12/h2-4,6-7H,1H3. The van der Waals surface area contributed by atoms with Gasteiger partial charge in [0.2, 0.25) is 0 Å². The quantitative estimate of drug-likeness (QED) is 0.755. The van der Waals surface area contributed by atoms with E-state index in [2.05, 4.69) is 9.97 Å². The van der Waals surface area contributed by atoms with Crippen LogP contribution in [0.1, 0.15) is 11.3 Å². The van der Waals surface area contributed by atoms with Crippen LogP contribution in [0.15, 0.2) is 30.6 Å². The summed E-state index contributed by atoms with van der Waals surface area (Å²) in [5.74, 6) is 0. The van der Waals surface area contributed by atoms with Crippen LogP contribution in [0.5, 0.6) is 0 Å². The Kier molecular flexibility index (Phi) is 2.84. The molecule has 0 amide bonds. The highest BCUT2D eigenvalue weighted by Gasteiger charge is 2.05. The molecule has 0 aromatic carbocycles. The van der Waals surface area contributed by atoms with E-state index < -0.39 is 0 Å². The molecule has 0 unspecified atom stereocenters. The molecule has 2 aromatic rings. The Bertz CT molecular complexity index is 555. The average Bonchev–Trinajstić information content (AvgIpc) is 2.30. The van der Waals surface area contributed by atoms with E-state index >= 15 is 0 Å². The molecule has 4 heteroatoms. The predicted molar refractivity (Wildman–Crippen MR) is 61.9 cm³/mol. The molecule has 0 radical (unpaired) electrons. The lowest BCUT2D eigenvalue weighted by atomic mass is 10.1. The number of rotatable bonds is 1. The first-order valence-corrected chi connectivity index (χ1v) is 5.07. The lowest BCUT2D eigenvalue weighted by Crippen LogP contribution is -1.91. The van der Waals surface area contributed by atoms with Gasteiger partial charge in [0.15, 0.2) is 0 Å². The minimum Gasteiger partial charge on any atom is -0.255 e. The van der Waals surface area contributed by atoms with Gasteiger partial charge in [-0.3, -0.25) is 4.98 Å². The fourth-order valence-corrected chi connectivity index (χ4v) is 1.53. The molecule has 0 bridgehead atoms. The van der Waals surface area contributed by atoms with Gasteiger partial charge in [-0.1, -0.05) is 11.6 Å². The highest BCUT2D eigenvalue weighted by molar-refractivity contribution is 6.30. The topological polar surface area (TPSA) is 49.6 Å². The summed E-state index contributed by atoms with van der Waals surface area (Å²) < 4.78 is 0. The smallest absolute Gasteiger partial charge is 0.140 e. The number of aromatic nitrogens is 2. The molecule has 2 rings (SSSR count). The lowest BCUT2D eigenvalue weighted by Gasteiger charge is -2.04. The highest BCUT2D eigenvalue weighted by Crippen LogP contribution is 2.21. The van der Waals surface area contributed by atoms with E-state index in [4.69, 9.17) is 16.9 Å². The molecule has 0 fully saturated rings. The second kappa shape index (κ2) is 4.30. The van der Waals surface area contributed by atoms with E-state index in [0.717, 1.165) is 16.8 Å². The molecule has 2 heterocycles. The lowest BCUT2D eigenvalue weighted by molar-refractivity contribution is 1.21. The monoisotopic (exact) mass is 229 g/mol. The Morgan fingerprint density at radius 2 is 2.06 bits per heavy atom. The third-order valence-electron chi connectivity index (χ3n) is 2.23. The van der Waals surface area contributed by atoms with Gasteiger partial charge < -0.3 is 0 Å². The zero-order valence-corrected chi connectivity index (χ0v) is 9.36. The summed E-state index contributed by atoms with van der Waals surface area (Å²) >= 11 is 5.77. The summed E-state index contributed by atoms with van der Waals surface area (Å²) in [5.41, 5.74) is 3.10. The van der Waals surface area contributed by atoms with Crippen LogP contribution in [0, 0.1) is 18.3 Å². The van der Waals surface area contributed by atoms with Gasteiger partial charge >= 0.3 is 0 Å². The van der Waals surface area contributed by atoms with Crippen molar-refractivity contribution in [1.82, 2.24) is 9.97 Å². The van der Waals surface area contributed by atoms with Crippen molar-refractivity contribution in [2.75, 3.05) is 0 Å². The van der Waals surface area contributed by atoms with E-state index in [1.54, 1.807) is 24.5 Å². The van der Waals surface area contributed by atoms with Crippen molar-refractivity contribution in [3.05, 3.63) is 46.9 Å². The number of hydrogen-bond acceptors (Lipinski definition) is 3. The van der Waals surface area contributed by atoms with Crippen LogP contribution < -0.4 is 0 Å². The van der Waals surface area contributed by atoms with Crippen LogP contribution in [0.4, 0.5) is 0 Å². The van der Waals surface area contributed by atoms with Crippen molar-refractivity contribution in [3.63, 3.8) is 0 Å². The van der Waals surface area contributed by atoms with Crippen molar-refractivity contribution in [2.45, 2.75) is 6.92 Å². The zero-order chi connectivity index (χ0) is 11.5. The fraction of sp³-hybridized carbons (Fsp3) is 0.0833. The van der Waals surface area contributed by atoms with Crippen LogP contribution in [-0.2, 0) is 0 Å². The van der Waals surface area contributed by atoms with Gasteiger partial charge in [-0.25, -0.2) is 4.98 Å². The van der Waals surface area contributed by atoms with Gasteiger partial charge in [0.05, 0.1) is 10.7 Å². The van der Waals surface area contributed by atoms with Crippen molar-refractivity contribution < 1.29 is 0 Å². The van der Waals surface area contributed by atoms with Gasteiger partial charge in [-0.05, 0) is 30.7 Å². The van der Waals surface area contributed by atoms with E-state index in [0.29, 0.717) is 10.7 Å². The summed E-state index contributed by atoms with van der Waals surface area (Å²) in [6.07, 6.45) is 3.25. The first-order valence-electron chi connectivity index (χ1n) is 4.69. The molecule has 0 saturated carbocycles. The predicted octanol–water partition coefficient (Wildman–Crippen LogP) is 2.98. The molecular formula is C12H8ClN3. The molecule has 16 heavy (non-hydrogen) atoms. The van der Waals surface area contributed by atoms with Crippen molar-refractivity contribution >= 4 is 11.6 Å². The third kappa shape index (κ3) is 2.02. The summed E-state index contributed by atoms with van der Waals surface area (Å²) in [7, 11) is 0. The van der Waals surface area contributed by atoms with Gasteiger partial charge in [-0.15, -0.1) is 0 Å². The van der Waals surface area contributed by atoms with Crippen LogP contribution in [0.3, 0.4) is 0 Å². The molecule has 0 N–H and O–H groups in total. The van der Waals surface area contributed by atoms with Crippen LogP contribution in [0.25, 0.3) is 11.3 Å². The fourth-order valence-electron chi connectivity index (χ4n) is 1.42. The maximum Gasteiger partial charge on any atom is 0.140 e. The zero-order valence-electron chi connectivity index (χ0n) is 8.61. The normalized spacial score (nSPS) is 9.81. The summed E-state index contributed by atoms with van der Waals surface area (Å²) in [6, 6.07) is 7.36. The molecule has 0 aliphatic heterocycles. The van der Waals surface area contributed by atoms with Gasteiger partial charge in [0, 0.05) is 18.0 Å². The first-order chi connectivity index (χ1) is 7.70. The van der Waals surface area contributed by atoms with Crippen molar-refractivity contribution in [1.29, 1.82) is 5.26 Å². The number of nitriles is 1. The highest BCUT2D eigenvalue weighted by atomic mass is 35.5. The maximum absolute atomic E-state index is 8.71. The third-order valence-corrected chi connectivity index (χ3v) is 2.45. The first kappa shape index (κ1) is 10.6. The SMILES string of the molecule is Cc1cc(C#N)ncc1-c1ccc(Cl)cn1. The van der Waals surface area contributed by atoms with Gasteiger partial charge in [-0.2, -0.15) is 5.26 Å². The summed E-state index contributed by atoms with van der Waals surface area (Å²) in [6.45, 7) is 1.92. The van der Waals surface area contributed by atoms with Crippen molar-refractivity contribution in [2.24, 2.45) is 0 Å². The minimum atomic E-state index is 0.412. The van der Waals surface area contributed by atoms with E-state index in [-0.39, 0.29) is 0 Å². The van der Waals surface area contributed by atoms with E-state index in [1.165, 1.54) is 0 Å². The number of nitrogens with zero attached hydrogens (tertiary/aromatic N) is 3. The Morgan fingerprint density at radius 1 is 1.25 bits per heavy atom. The number of aryl methyl sites for hydroxylation is 1.